The second-order valence-corrected chi connectivity index (χ2v) is 8.90. The highest BCUT2D eigenvalue weighted by Crippen LogP contribution is 2.34. The van der Waals surface area contributed by atoms with E-state index in [2.05, 4.69) is 10.1 Å². The summed E-state index contributed by atoms with van der Waals surface area (Å²) in [6.07, 6.45) is -1.39. The van der Waals surface area contributed by atoms with Crippen molar-refractivity contribution in [3.8, 4) is 11.5 Å². The number of rotatable bonds is 6. The van der Waals surface area contributed by atoms with Crippen molar-refractivity contribution in [3.05, 3.63) is 63.4 Å². The molecule has 0 spiro atoms. The first-order chi connectivity index (χ1) is 17.2. The average molecular weight is 524 g/mol. The van der Waals surface area contributed by atoms with Gasteiger partial charge in [0, 0.05) is 42.1 Å². The molecule has 7 nitrogen and oxygen atoms in total. The minimum Gasteiger partial charge on any atom is -0.461 e. The van der Waals surface area contributed by atoms with Crippen molar-refractivity contribution in [3.63, 3.8) is 0 Å². The molecule has 12 heteroatoms. The van der Waals surface area contributed by atoms with E-state index in [1.54, 1.807) is 17.2 Å². The van der Waals surface area contributed by atoms with Gasteiger partial charge in [0.1, 0.15) is 11.5 Å². The highest BCUT2D eigenvalue weighted by Gasteiger charge is 2.34. The molecule has 0 atom stereocenters. The van der Waals surface area contributed by atoms with Crippen LogP contribution in [-0.2, 0) is 15.7 Å². The average Bonchev–Trinajstić information content (AvgIpc) is 3.53. The molecule has 4 rings (SSSR count). The number of amides is 1. The first-order valence-corrected chi connectivity index (χ1v) is 12.0. The molecule has 3 aromatic rings. The van der Waals surface area contributed by atoms with Crippen molar-refractivity contribution in [2.75, 3.05) is 19.7 Å². The number of carbonyl (C=O) groups is 2. The summed E-state index contributed by atoms with van der Waals surface area (Å²) in [5.74, 6) is -1.94. The number of esters is 1. The van der Waals surface area contributed by atoms with Gasteiger partial charge in [0.15, 0.2) is 11.5 Å². The Hall–Kier alpha value is -3.54. The van der Waals surface area contributed by atoms with Gasteiger partial charge in [0.25, 0.3) is 0 Å². The topological polar surface area (TPSA) is 85.5 Å². The largest absolute Gasteiger partial charge is 0.461 e. The van der Waals surface area contributed by atoms with Crippen LogP contribution in [0.4, 0.5) is 17.6 Å². The SMILES string of the molecule is CCOC(=O)c1cc(-c2csc(C3CCN(C(=O)/C=C/c4cccc(C(F)(F)F)c4F)CC3)n2)on1. The summed E-state index contributed by atoms with van der Waals surface area (Å²) in [6.45, 7) is 2.75. The standard InChI is InChI=1S/C24H21F4N3O4S/c1-2-34-23(33)17-12-19(35-30-17)18-13-36-22(29-18)15-8-10-31(11-9-15)20(32)7-6-14-4-3-5-16(21(14)25)24(26,27)28/h3-7,12-13,15H,2,8-11H2,1H3/b7-6+. The first-order valence-electron chi connectivity index (χ1n) is 11.1. The van der Waals surface area contributed by atoms with Gasteiger partial charge in [-0.2, -0.15) is 13.2 Å². The van der Waals surface area contributed by atoms with Gasteiger partial charge >= 0.3 is 12.1 Å². The lowest BCUT2D eigenvalue weighted by Gasteiger charge is -2.30. The second kappa shape index (κ2) is 10.6. The number of piperidine rings is 1. The Kier molecular flexibility index (Phi) is 7.53. The van der Waals surface area contributed by atoms with E-state index in [4.69, 9.17) is 9.26 Å². The Morgan fingerprint density at radius 2 is 2.03 bits per heavy atom. The summed E-state index contributed by atoms with van der Waals surface area (Å²) < 4.78 is 62.9. The minimum absolute atomic E-state index is 0.0614. The third-order valence-corrected chi connectivity index (χ3v) is 6.67. The van der Waals surface area contributed by atoms with Crippen LogP contribution in [0.5, 0.6) is 0 Å². The van der Waals surface area contributed by atoms with Crippen molar-refractivity contribution in [2.45, 2.75) is 31.9 Å². The lowest BCUT2D eigenvalue weighted by molar-refractivity contribution is -0.140. The summed E-state index contributed by atoms with van der Waals surface area (Å²) >= 11 is 1.43. The Bertz CT molecular complexity index is 1280. The van der Waals surface area contributed by atoms with Gasteiger partial charge in [-0.15, -0.1) is 11.3 Å². The smallest absolute Gasteiger partial charge is 0.419 e. The monoisotopic (exact) mass is 523 g/mol. The summed E-state index contributed by atoms with van der Waals surface area (Å²) in [6, 6.07) is 4.41. The van der Waals surface area contributed by atoms with Crippen LogP contribution in [0.2, 0.25) is 0 Å². The van der Waals surface area contributed by atoms with Gasteiger partial charge in [-0.25, -0.2) is 14.2 Å². The van der Waals surface area contributed by atoms with Crippen LogP contribution in [0, 0.1) is 5.82 Å². The predicted molar refractivity (Wildman–Crippen MR) is 123 cm³/mol. The molecule has 0 N–H and O–H groups in total. The van der Waals surface area contributed by atoms with Crippen LogP contribution in [0.1, 0.15) is 52.3 Å². The fourth-order valence-corrected chi connectivity index (χ4v) is 4.78. The highest BCUT2D eigenvalue weighted by atomic mass is 32.1. The molecule has 1 amide bonds. The third kappa shape index (κ3) is 5.64. The maximum absolute atomic E-state index is 14.2. The molecule has 3 heterocycles. The van der Waals surface area contributed by atoms with E-state index >= 15 is 0 Å². The first kappa shape index (κ1) is 25.5. The molecule has 1 aliphatic heterocycles. The van der Waals surface area contributed by atoms with E-state index in [1.807, 2.05) is 0 Å². The third-order valence-electron chi connectivity index (χ3n) is 5.66. The maximum Gasteiger partial charge on any atom is 0.419 e. The van der Waals surface area contributed by atoms with Gasteiger partial charge in [-0.05, 0) is 31.9 Å². The molecular formula is C24H21F4N3O4S. The number of hydrogen-bond donors (Lipinski definition) is 0. The summed E-state index contributed by atoms with van der Waals surface area (Å²) in [5.41, 5.74) is -1.07. The van der Waals surface area contributed by atoms with Crippen molar-refractivity contribution >= 4 is 29.3 Å². The van der Waals surface area contributed by atoms with Crippen molar-refractivity contribution < 1.29 is 36.4 Å². The molecule has 0 saturated carbocycles. The zero-order valence-corrected chi connectivity index (χ0v) is 19.9. The van der Waals surface area contributed by atoms with E-state index in [9.17, 15) is 27.2 Å². The van der Waals surface area contributed by atoms with Crippen molar-refractivity contribution in [2.24, 2.45) is 0 Å². The Balaban J connectivity index is 1.35. The van der Waals surface area contributed by atoms with Crippen molar-refractivity contribution in [1.29, 1.82) is 0 Å². The molecule has 36 heavy (non-hydrogen) atoms. The molecule has 1 aliphatic rings. The normalized spacial score (nSPS) is 15.0. The van der Waals surface area contributed by atoms with E-state index in [-0.39, 0.29) is 23.8 Å². The molecule has 0 unspecified atom stereocenters. The molecule has 0 aliphatic carbocycles. The van der Waals surface area contributed by atoms with Gasteiger partial charge in [-0.3, -0.25) is 4.79 Å². The van der Waals surface area contributed by atoms with Gasteiger partial charge in [0.05, 0.1) is 17.2 Å². The summed E-state index contributed by atoms with van der Waals surface area (Å²) in [4.78, 5) is 30.4. The predicted octanol–water partition coefficient (Wildman–Crippen LogP) is 5.55. The number of ether oxygens (including phenoxy) is 1. The molecule has 1 saturated heterocycles. The Morgan fingerprint density at radius 1 is 1.28 bits per heavy atom. The number of thiazole rings is 1. The molecule has 0 radical (unpaired) electrons. The van der Waals surface area contributed by atoms with Crippen LogP contribution in [0.25, 0.3) is 17.5 Å². The molecule has 1 aromatic carbocycles. The lowest BCUT2D eigenvalue weighted by Crippen LogP contribution is -2.36. The molecule has 1 fully saturated rings. The van der Waals surface area contributed by atoms with E-state index < -0.39 is 29.4 Å². The number of aromatic nitrogens is 2. The lowest BCUT2D eigenvalue weighted by atomic mass is 9.97. The van der Waals surface area contributed by atoms with E-state index in [0.29, 0.717) is 43.5 Å². The highest BCUT2D eigenvalue weighted by molar-refractivity contribution is 7.10. The Morgan fingerprint density at radius 3 is 2.72 bits per heavy atom. The number of likely N-dealkylation sites (tertiary alicyclic amines) is 1. The van der Waals surface area contributed by atoms with E-state index in [1.165, 1.54) is 23.5 Å². The Labute approximate surface area is 207 Å². The van der Waals surface area contributed by atoms with Crippen LogP contribution < -0.4 is 0 Å². The fourth-order valence-electron chi connectivity index (χ4n) is 3.80. The van der Waals surface area contributed by atoms with Gasteiger partial charge in [0.2, 0.25) is 5.91 Å². The number of carbonyl (C=O) groups excluding carboxylic acids is 2. The number of halogens is 4. The zero-order valence-electron chi connectivity index (χ0n) is 19.0. The number of hydrogen-bond acceptors (Lipinski definition) is 7. The van der Waals surface area contributed by atoms with Crippen molar-refractivity contribution in [1.82, 2.24) is 15.0 Å². The van der Waals surface area contributed by atoms with Gasteiger partial charge < -0.3 is 14.2 Å². The quantitative estimate of drug-likeness (QED) is 0.239. The summed E-state index contributed by atoms with van der Waals surface area (Å²) in [7, 11) is 0. The number of nitrogens with zero attached hydrogens (tertiary/aromatic N) is 3. The van der Waals surface area contributed by atoms with Crippen LogP contribution >= 0.6 is 11.3 Å². The van der Waals surface area contributed by atoms with Crippen LogP contribution in [0.3, 0.4) is 0 Å². The number of benzene rings is 1. The van der Waals surface area contributed by atoms with E-state index in [0.717, 1.165) is 23.2 Å². The second-order valence-electron chi connectivity index (χ2n) is 8.01. The molecule has 2 aromatic heterocycles. The molecule has 190 valence electrons. The summed E-state index contributed by atoms with van der Waals surface area (Å²) in [5, 5.41) is 6.36. The molecular weight excluding hydrogens is 502 g/mol. The fraction of sp³-hybridized carbons (Fsp3) is 0.333. The maximum atomic E-state index is 14.2. The zero-order chi connectivity index (χ0) is 25.9. The van der Waals surface area contributed by atoms with Crippen LogP contribution in [-0.4, -0.2) is 46.6 Å². The number of alkyl halides is 3. The van der Waals surface area contributed by atoms with Gasteiger partial charge in [-0.1, -0.05) is 17.3 Å². The van der Waals surface area contributed by atoms with Crippen LogP contribution in [0.15, 0.2) is 40.2 Å². The minimum atomic E-state index is -4.81. The molecule has 0 bridgehead atoms.